The minimum absolute atomic E-state index is 0.449. The van der Waals surface area contributed by atoms with Gasteiger partial charge >= 0.3 is 6.18 Å². The van der Waals surface area contributed by atoms with Crippen LogP contribution in [-0.4, -0.2) is 18.9 Å². The van der Waals surface area contributed by atoms with Crippen LogP contribution in [0.2, 0.25) is 0 Å². The molecule has 0 heterocycles. The fourth-order valence-corrected chi connectivity index (χ4v) is 0.950. The van der Waals surface area contributed by atoms with Crippen LogP contribution in [0.15, 0.2) is 40.9 Å². The fraction of sp³-hybridized carbons (Fsp3) is 0.364. The Morgan fingerprint density at radius 2 is 1.87 bits per heavy atom. The first-order valence-corrected chi connectivity index (χ1v) is 4.38. The van der Waals surface area contributed by atoms with Crippen molar-refractivity contribution < 1.29 is 13.2 Å². The zero-order valence-electron chi connectivity index (χ0n) is 9.02. The molecule has 0 rings (SSSR count). The van der Waals surface area contributed by atoms with Crippen LogP contribution < -0.4 is 0 Å². The molecule has 84 valence electrons. The molecule has 0 aromatic heterocycles. The van der Waals surface area contributed by atoms with E-state index in [1.165, 1.54) is 7.05 Å². The van der Waals surface area contributed by atoms with Gasteiger partial charge in [-0.15, -0.1) is 0 Å². The molecule has 0 spiro atoms. The summed E-state index contributed by atoms with van der Waals surface area (Å²) in [6, 6.07) is 0. The number of rotatable bonds is 3. The van der Waals surface area contributed by atoms with Crippen molar-refractivity contribution >= 4 is 5.71 Å². The summed E-state index contributed by atoms with van der Waals surface area (Å²) in [7, 11) is 1.54. The van der Waals surface area contributed by atoms with Crippen LogP contribution in [0.1, 0.15) is 13.8 Å². The highest BCUT2D eigenvalue weighted by molar-refractivity contribution is 6.00. The van der Waals surface area contributed by atoms with Crippen LogP contribution in [-0.2, 0) is 0 Å². The van der Waals surface area contributed by atoms with E-state index < -0.39 is 11.7 Å². The minimum atomic E-state index is -4.37. The Hall–Kier alpha value is -1.32. The lowest BCUT2D eigenvalue weighted by molar-refractivity contribution is -0.0881. The van der Waals surface area contributed by atoms with Gasteiger partial charge in [0.25, 0.3) is 0 Å². The average Bonchev–Trinajstić information content (AvgIpc) is 2.16. The van der Waals surface area contributed by atoms with E-state index in [1.807, 2.05) is 0 Å². The number of alkyl halides is 3. The molecule has 4 heteroatoms. The molecular weight excluding hydrogens is 203 g/mol. The van der Waals surface area contributed by atoms with Gasteiger partial charge in [0, 0.05) is 12.8 Å². The van der Waals surface area contributed by atoms with Crippen LogP contribution in [0.3, 0.4) is 0 Å². The maximum absolute atomic E-state index is 12.4. The Bertz CT molecular complexity index is 319. The Balaban J connectivity index is 5.25. The van der Waals surface area contributed by atoms with E-state index in [-0.39, 0.29) is 0 Å². The fourth-order valence-electron chi connectivity index (χ4n) is 0.950. The number of halogens is 3. The summed E-state index contributed by atoms with van der Waals surface area (Å²) in [6.45, 7) is 6.46. The normalized spacial score (nSPS) is 15.5. The highest BCUT2D eigenvalue weighted by Crippen LogP contribution is 2.27. The van der Waals surface area contributed by atoms with E-state index in [1.54, 1.807) is 19.9 Å². The molecule has 0 aliphatic heterocycles. The third-order valence-electron chi connectivity index (χ3n) is 1.92. The van der Waals surface area contributed by atoms with Crippen molar-refractivity contribution in [2.24, 2.45) is 4.99 Å². The molecule has 0 fully saturated rings. The van der Waals surface area contributed by atoms with Crippen molar-refractivity contribution in [3.63, 3.8) is 0 Å². The average molecular weight is 217 g/mol. The Morgan fingerprint density at radius 1 is 1.33 bits per heavy atom. The standard InChI is InChI=1S/C11H14F3N/c1-5-9(8(3)15-4)7-10(6-2)11(12,13)14/h5-7H,2H2,1,3-4H3/b9-5+,10-7+,15-8?. The quantitative estimate of drug-likeness (QED) is 0.505. The molecule has 0 aliphatic rings. The van der Waals surface area contributed by atoms with Gasteiger partial charge in [0.1, 0.15) is 0 Å². The summed E-state index contributed by atoms with van der Waals surface area (Å²) in [4.78, 5) is 3.83. The van der Waals surface area contributed by atoms with Crippen LogP contribution in [0.4, 0.5) is 13.2 Å². The Morgan fingerprint density at radius 3 is 2.13 bits per heavy atom. The second-order valence-corrected chi connectivity index (χ2v) is 2.85. The molecule has 0 aromatic rings. The maximum atomic E-state index is 12.4. The Kier molecular flexibility index (Phi) is 5.05. The zero-order chi connectivity index (χ0) is 12.1. The van der Waals surface area contributed by atoms with Crippen LogP contribution in [0.5, 0.6) is 0 Å². The predicted molar refractivity (Wildman–Crippen MR) is 57.1 cm³/mol. The van der Waals surface area contributed by atoms with Crippen molar-refractivity contribution in [1.82, 2.24) is 0 Å². The molecule has 0 aromatic carbocycles. The van der Waals surface area contributed by atoms with Gasteiger partial charge < -0.3 is 0 Å². The first-order chi connectivity index (χ1) is 6.86. The third kappa shape index (κ3) is 4.14. The van der Waals surface area contributed by atoms with Crippen LogP contribution in [0, 0.1) is 0 Å². The molecular formula is C11H14F3N. The Labute approximate surface area is 87.7 Å². The monoisotopic (exact) mass is 217 g/mol. The van der Waals surface area contributed by atoms with Crippen molar-refractivity contribution in [2.75, 3.05) is 7.05 Å². The molecule has 0 unspecified atom stereocenters. The van der Waals surface area contributed by atoms with Gasteiger partial charge in [0.05, 0.1) is 5.57 Å². The predicted octanol–water partition coefficient (Wildman–Crippen LogP) is 3.70. The van der Waals surface area contributed by atoms with E-state index in [0.29, 0.717) is 11.3 Å². The summed E-state index contributed by atoms with van der Waals surface area (Å²) >= 11 is 0. The summed E-state index contributed by atoms with van der Waals surface area (Å²) < 4.78 is 37.1. The molecule has 1 nitrogen and oxygen atoms in total. The van der Waals surface area contributed by atoms with Gasteiger partial charge in [-0.05, 0) is 25.5 Å². The summed E-state index contributed by atoms with van der Waals surface area (Å²) in [5, 5.41) is 0. The molecule has 0 saturated carbocycles. The summed E-state index contributed by atoms with van der Waals surface area (Å²) in [5.41, 5.74) is 0.240. The van der Waals surface area contributed by atoms with E-state index >= 15 is 0 Å². The van der Waals surface area contributed by atoms with Gasteiger partial charge in [-0.25, -0.2) is 0 Å². The van der Waals surface area contributed by atoms with Gasteiger partial charge in [-0.2, -0.15) is 13.2 Å². The minimum Gasteiger partial charge on any atom is -0.293 e. The number of nitrogens with zero attached hydrogens (tertiary/aromatic N) is 1. The largest absolute Gasteiger partial charge is 0.416 e. The molecule has 0 radical (unpaired) electrons. The molecule has 15 heavy (non-hydrogen) atoms. The number of aliphatic imine (C=N–C) groups is 1. The second kappa shape index (κ2) is 5.53. The van der Waals surface area contributed by atoms with E-state index in [4.69, 9.17) is 0 Å². The number of allylic oxidation sites excluding steroid dienone is 5. The molecule has 0 aliphatic carbocycles. The maximum Gasteiger partial charge on any atom is 0.416 e. The first-order valence-electron chi connectivity index (χ1n) is 4.38. The summed E-state index contributed by atoms with van der Waals surface area (Å²) in [5.74, 6) is 0. The van der Waals surface area contributed by atoms with Gasteiger partial charge in [-0.1, -0.05) is 18.7 Å². The van der Waals surface area contributed by atoms with Crippen molar-refractivity contribution in [3.8, 4) is 0 Å². The van der Waals surface area contributed by atoms with Crippen LogP contribution in [0.25, 0.3) is 0 Å². The SMILES string of the molecule is C=C/C(=C\C(=C/C)C(C)=NC)C(F)(F)F. The lowest BCUT2D eigenvalue weighted by Gasteiger charge is -2.08. The number of hydrogen-bond acceptors (Lipinski definition) is 1. The zero-order valence-corrected chi connectivity index (χ0v) is 9.02. The smallest absolute Gasteiger partial charge is 0.293 e. The first kappa shape index (κ1) is 13.7. The van der Waals surface area contributed by atoms with Gasteiger partial charge in [0.15, 0.2) is 0 Å². The molecule has 0 saturated heterocycles. The lowest BCUT2D eigenvalue weighted by Crippen LogP contribution is -2.11. The lowest BCUT2D eigenvalue weighted by atomic mass is 10.1. The number of hydrogen-bond donors (Lipinski definition) is 0. The molecule has 0 atom stereocenters. The van der Waals surface area contributed by atoms with E-state index in [0.717, 1.165) is 12.2 Å². The van der Waals surface area contributed by atoms with Crippen molar-refractivity contribution in [3.05, 3.63) is 36.0 Å². The van der Waals surface area contributed by atoms with Crippen LogP contribution >= 0.6 is 0 Å². The van der Waals surface area contributed by atoms with Gasteiger partial charge in [-0.3, -0.25) is 4.99 Å². The highest BCUT2D eigenvalue weighted by Gasteiger charge is 2.31. The topological polar surface area (TPSA) is 12.4 Å². The van der Waals surface area contributed by atoms with E-state index in [9.17, 15) is 13.2 Å². The molecule has 0 bridgehead atoms. The summed E-state index contributed by atoms with van der Waals surface area (Å²) in [6.07, 6.45) is -0.955. The van der Waals surface area contributed by atoms with Crippen molar-refractivity contribution in [2.45, 2.75) is 20.0 Å². The molecule has 0 amide bonds. The highest BCUT2D eigenvalue weighted by atomic mass is 19.4. The van der Waals surface area contributed by atoms with Crippen molar-refractivity contribution in [1.29, 1.82) is 0 Å². The van der Waals surface area contributed by atoms with E-state index in [2.05, 4.69) is 11.6 Å². The second-order valence-electron chi connectivity index (χ2n) is 2.85. The molecule has 0 N–H and O–H groups in total. The third-order valence-corrected chi connectivity index (χ3v) is 1.92. The van der Waals surface area contributed by atoms with Gasteiger partial charge in [0.2, 0.25) is 0 Å².